The molecule has 0 aliphatic carbocycles. The van der Waals surface area contributed by atoms with Crippen LogP contribution in [0.15, 0.2) is 60.7 Å². The zero-order valence-electron chi connectivity index (χ0n) is 19.6. The van der Waals surface area contributed by atoms with E-state index in [2.05, 4.69) is 10.3 Å². The molecule has 0 saturated heterocycles. The van der Waals surface area contributed by atoms with Crippen LogP contribution in [0.1, 0.15) is 27.8 Å². The van der Waals surface area contributed by atoms with Crippen molar-refractivity contribution in [3.05, 3.63) is 103 Å². The molecule has 0 bridgehead atoms. The standard InChI is InChI=1S/C26H17Cl2F6N3OS/c27-18-6-3-15(20(28)11-18)4-8-23(38)35-12-14-1-7-21-22(9-14)37(24(39)36-21)13-16-2-5-17(25(29,30)31)10-19(16)26(32,33)34/h1-11H,12-13H2,(H,35,38)(H,36,39)/b8-4+. The third-order valence-corrected chi connectivity index (χ3v) is 6.64. The van der Waals surface area contributed by atoms with E-state index < -0.39 is 35.9 Å². The predicted octanol–water partition coefficient (Wildman–Crippen LogP) is 8.42. The third kappa shape index (κ3) is 6.84. The van der Waals surface area contributed by atoms with E-state index in [1.807, 2.05) is 0 Å². The Bertz CT molecular complexity index is 1640. The highest BCUT2D eigenvalue weighted by Crippen LogP contribution is 2.38. The maximum absolute atomic E-state index is 13.6. The highest BCUT2D eigenvalue weighted by Gasteiger charge is 2.38. The predicted molar refractivity (Wildman–Crippen MR) is 140 cm³/mol. The van der Waals surface area contributed by atoms with E-state index in [-0.39, 0.29) is 22.9 Å². The molecule has 0 fully saturated rings. The number of imidazole rings is 1. The summed E-state index contributed by atoms with van der Waals surface area (Å²) in [4.78, 5) is 15.2. The molecule has 4 aromatic rings. The molecule has 1 heterocycles. The van der Waals surface area contributed by atoms with Gasteiger partial charge in [-0.3, -0.25) is 4.79 Å². The molecule has 3 aromatic carbocycles. The first kappa shape index (κ1) is 28.7. The summed E-state index contributed by atoms with van der Waals surface area (Å²) in [6.07, 6.45) is -7.13. The first-order chi connectivity index (χ1) is 18.2. The van der Waals surface area contributed by atoms with Crippen molar-refractivity contribution in [2.24, 2.45) is 0 Å². The summed E-state index contributed by atoms with van der Waals surface area (Å²) in [6.45, 7) is -0.342. The number of hydrogen-bond donors (Lipinski definition) is 2. The Morgan fingerprint density at radius 1 is 0.974 bits per heavy atom. The van der Waals surface area contributed by atoms with Crippen LogP contribution < -0.4 is 5.32 Å². The van der Waals surface area contributed by atoms with Crippen molar-refractivity contribution in [3.63, 3.8) is 0 Å². The Labute approximate surface area is 232 Å². The summed E-state index contributed by atoms with van der Waals surface area (Å²) >= 11 is 17.2. The number of rotatable bonds is 6. The second-order valence-corrected chi connectivity index (χ2v) is 9.68. The van der Waals surface area contributed by atoms with Gasteiger partial charge in [-0.15, -0.1) is 0 Å². The van der Waals surface area contributed by atoms with Crippen LogP contribution in [0, 0.1) is 4.77 Å². The van der Waals surface area contributed by atoms with E-state index in [0.29, 0.717) is 38.3 Å². The quantitative estimate of drug-likeness (QED) is 0.132. The average Bonchev–Trinajstić information content (AvgIpc) is 3.15. The van der Waals surface area contributed by atoms with Gasteiger partial charge in [-0.1, -0.05) is 41.4 Å². The van der Waals surface area contributed by atoms with Crippen molar-refractivity contribution >= 4 is 58.4 Å². The van der Waals surface area contributed by atoms with Gasteiger partial charge in [-0.05, 0) is 71.4 Å². The van der Waals surface area contributed by atoms with Crippen LogP contribution in [0.25, 0.3) is 17.1 Å². The number of nitrogens with zero attached hydrogens (tertiary/aromatic N) is 1. The van der Waals surface area contributed by atoms with E-state index in [1.165, 1.54) is 22.8 Å². The lowest BCUT2D eigenvalue weighted by Crippen LogP contribution is -2.20. The van der Waals surface area contributed by atoms with Gasteiger partial charge in [-0.25, -0.2) is 0 Å². The smallest absolute Gasteiger partial charge is 0.348 e. The van der Waals surface area contributed by atoms with Crippen LogP contribution in [0.2, 0.25) is 10.0 Å². The van der Waals surface area contributed by atoms with Crippen LogP contribution >= 0.6 is 35.4 Å². The number of fused-ring (bicyclic) bond motifs is 1. The molecule has 0 radical (unpaired) electrons. The van der Waals surface area contributed by atoms with E-state index in [4.69, 9.17) is 35.4 Å². The molecule has 0 unspecified atom stereocenters. The number of halogens is 8. The molecule has 0 atom stereocenters. The Hall–Kier alpha value is -3.28. The zero-order chi connectivity index (χ0) is 28.5. The van der Waals surface area contributed by atoms with Gasteiger partial charge in [0.15, 0.2) is 4.77 Å². The number of hydrogen-bond acceptors (Lipinski definition) is 2. The Morgan fingerprint density at radius 3 is 2.38 bits per heavy atom. The number of alkyl halides is 6. The maximum Gasteiger partial charge on any atom is 0.416 e. The third-order valence-electron chi connectivity index (χ3n) is 5.75. The molecule has 0 spiro atoms. The fraction of sp³-hybridized carbons (Fsp3) is 0.154. The lowest BCUT2D eigenvalue weighted by Gasteiger charge is -2.16. The minimum Gasteiger partial charge on any atom is -0.348 e. The van der Waals surface area contributed by atoms with Gasteiger partial charge in [-0.2, -0.15) is 26.3 Å². The van der Waals surface area contributed by atoms with Crippen molar-refractivity contribution in [3.8, 4) is 0 Å². The van der Waals surface area contributed by atoms with Crippen molar-refractivity contribution in [1.82, 2.24) is 14.9 Å². The lowest BCUT2D eigenvalue weighted by atomic mass is 10.0. The van der Waals surface area contributed by atoms with E-state index >= 15 is 0 Å². The molecular weight excluding hydrogens is 587 g/mol. The van der Waals surface area contributed by atoms with Crippen LogP contribution in [0.3, 0.4) is 0 Å². The van der Waals surface area contributed by atoms with E-state index in [9.17, 15) is 31.1 Å². The second kappa shape index (κ2) is 11.1. The van der Waals surface area contributed by atoms with Crippen molar-refractivity contribution < 1.29 is 31.1 Å². The van der Waals surface area contributed by atoms with Gasteiger partial charge in [0, 0.05) is 22.7 Å². The molecule has 4 rings (SSSR count). The summed E-state index contributed by atoms with van der Waals surface area (Å²) in [5.74, 6) is -0.424. The summed E-state index contributed by atoms with van der Waals surface area (Å²) < 4.78 is 81.5. The number of carbonyl (C=O) groups is 1. The molecule has 13 heteroatoms. The van der Waals surface area contributed by atoms with E-state index in [1.54, 1.807) is 30.3 Å². The molecule has 1 aromatic heterocycles. The normalized spacial score (nSPS) is 12.4. The average molecular weight is 604 g/mol. The van der Waals surface area contributed by atoms with Crippen molar-refractivity contribution in [2.75, 3.05) is 0 Å². The molecule has 0 aliphatic heterocycles. The fourth-order valence-corrected chi connectivity index (χ4v) is 4.58. The molecule has 204 valence electrons. The SMILES string of the molecule is O=C(/C=C/c1ccc(Cl)cc1Cl)NCc1ccc2[nH]c(=S)n(Cc3ccc(C(F)(F)F)cc3C(F)(F)F)c2c1. The number of aromatic nitrogens is 2. The number of amides is 1. The Morgan fingerprint density at radius 2 is 1.72 bits per heavy atom. The number of benzene rings is 3. The topological polar surface area (TPSA) is 49.8 Å². The van der Waals surface area contributed by atoms with Crippen LogP contribution in [-0.2, 0) is 30.2 Å². The number of nitrogens with one attached hydrogen (secondary N) is 2. The van der Waals surface area contributed by atoms with Crippen LogP contribution in [0.4, 0.5) is 26.3 Å². The van der Waals surface area contributed by atoms with Crippen LogP contribution in [-0.4, -0.2) is 15.5 Å². The maximum atomic E-state index is 13.6. The highest BCUT2D eigenvalue weighted by molar-refractivity contribution is 7.71. The largest absolute Gasteiger partial charge is 0.416 e. The number of carbonyl (C=O) groups excluding carboxylic acids is 1. The van der Waals surface area contributed by atoms with Crippen LogP contribution in [0.5, 0.6) is 0 Å². The molecule has 0 saturated carbocycles. The minimum absolute atomic E-state index is 0.0828. The van der Waals surface area contributed by atoms with Gasteiger partial charge in [0.2, 0.25) is 5.91 Å². The zero-order valence-corrected chi connectivity index (χ0v) is 21.9. The molecular formula is C26H17Cl2F6N3OS. The Balaban J connectivity index is 1.57. The highest BCUT2D eigenvalue weighted by atomic mass is 35.5. The summed E-state index contributed by atoms with van der Waals surface area (Å²) in [5.41, 5.74) is -1.05. The Kier molecular flexibility index (Phi) is 8.15. The van der Waals surface area contributed by atoms with Gasteiger partial charge < -0.3 is 14.9 Å². The summed E-state index contributed by atoms with van der Waals surface area (Å²) in [7, 11) is 0. The molecule has 1 amide bonds. The fourth-order valence-electron chi connectivity index (χ4n) is 3.84. The van der Waals surface area contributed by atoms with Crippen molar-refractivity contribution in [1.29, 1.82) is 0 Å². The monoisotopic (exact) mass is 603 g/mol. The summed E-state index contributed by atoms with van der Waals surface area (Å²) in [6, 6.07) is 11.3. The van der Waals surface area contributed by atoms with Gasteiger partial charge in [0.25, 0.3) is 0 Å². The molecule has 2 N–H and O–H groups in total. The first-order valence-electron chi connectivity index (χ1n) is 11.1. The van der Waals surface area contributed by atoms with Gasteiger partial charge in [0.1, 0.15) is 0 Å². The van der Waals surface area contributed by atoms with Crippen molar-refractivity contribution in [2.45, 2.75) is 25.4 Å². The second-order valence-electron chi connectivity index (χ2n) is 8.45. The number of aromatic amines is 1. The molecule has 39 heavy (non-hydrogen) atoms. The van der Waals surface area contributed by atoms with Gasteiger partial charge >= 0.3 is 12.4 Å². The molecule has 4 nitrogen and oxygen atoms in total. The minimum atomic E-state index is -5.01. The lowest BCUT2D eigenvalue weighted by molar-refractivity contribution is -0.143. The van der Waals surface area contributed by atoms with E-state index in [0.717, 1.165) is 6.07 Å². The van der Waals surface area contributed by atoms with Gasteiger partial charge in [0.05, 0.1) is 28.7 Å². The summed E-state index contributed by atoms with van der Waals surface area (Å²) in [5, 5.41) is 3.52. The first-order valence-corrected chi connectivity index (χ1v) is 12.3. The number of H-pyrrole nitrogens is 1. The molecule has 0 aliphatic rings.